The Bertz CT molecular complexity index is 891. The first kappa shape index (κ1) is 18.2. The fourth-order valence-electron chi connectivity index (χ4n) is 2.42. The predicted octanol–water partition coefficient (Wildman–Crippen LogP) is 4.15. The van der Waals surface area contributed by atoms with Crippen molar-refractivity contribution in [1.82, 2.24) is 6.15 Å². The van der Waals surface area contributed by atoms with Crippen LogP contribution in [0.25, 0.3) is 10.8 Å². The summed E-state index contributed by atoms with van der Waals surface area (Å²) < 4.78 is 10.1. The van der Waals surface area contributed by atoms with Gasteiger partial charge in [0.05, 0.1) is 18.2 Å². The van der Waals surface area contributed by atoms with Crippen LogP contribution in [0, 0.1) is 0 Å². The number of ether oxygens (including phenoxy) is 2. The van der Waals surface area contributed by atoms with E-state index in [1.54, 1.807) is 24.3 Å². The largest absolute Gasteiger partial charge is 0.465 e. The van der Waals surface area contributed by atoms with Crippen LogP contribution in [0.3, 0.4) is 0 Å². The summed E-state index contributed by atoms with van der Waals surface area (Å²) in [6.07, 6.45) is 0. The molecular weight excluding hydrogens is 318 g/mol. The summed E-state index contributed by atoms with van der Waals surface area (Å²) in [5.41, 5.74) is 1.82. The highest BCUT2D eigenvalue weighted by molar-refractivity contribution is 5.99. The van der Waals surface area contributed by atoms with Crippen LogP contribution < -0.4 is 6.15 Å². The van der Waals surface area contributed by atoms with Crippen molar-refractivity contribution in [2.24, 2.45) is 0 Å². The molecule has 3 aromatic rings. The molecule has 0 atom stereocenters. The van der Waals surface area contributed by atoms with Crippen molar-refractivity contribution < 1.29 is 19.1 Å². The quantitative estimate of drug-likeness (QED) is 0.723. The fraction of sp³-hybridized carbons (Fsp3) is 0.100. The Morgan fingerprint density at radius 3 is 2.00 bits per heavy atom. The van der Waals surface area contributed by atoms with Crippen molar-refractivity contribution >= 4 is 22.7 Å². The molecule has 0 heterocycles. The van der Waals surface area contributed by atoms with E-state index in [4.69, 9.17) is 9.47 Å². The number of rotatable bonds is 4. The zero-order valence-corrected chi connectivity index (χ0v) is 13.9. The number of hydrogen-bond donors (Lipinski definition) is 1. The molecule has 128 valence electrons. The third-order valence-corrected chi connectivity index (χ3v) is 3.71. The predicted molar refractivity (Wildman–Crippen MR) is 95.9 cm³/mol. The van der Waals surface area contributed by atoms with Crippen LogP contribution in [0.1, 0.15) is 26.3 Å². The van der Waals surface area contributed by atoms with Gasteiger partial charge in [-0.1, -0.05) is 42.5 Å². The zero-order chi connectivity index (χ0) is 16.9. The van der Waals surface area contributed by atoms with Gasteiger partial charge in [0.25, 0.3) is 0 Å². The van der Waals surface area contributed by atoms with E-state index in [-0.39, 0.29) is 12.8 Å². The Morgan fingerprint density at radius 1 is 0.800 bits per heavy atom. The Kier molecular flexibility index (Phi) is 5.87. The topological polar surface area (TPSA) is 87.6 Å². The molecule has 0 unspecified atom stereocenters. The average molecular weight is 337 g/mol. The van der Waals surface area contributed by atoms with Crippen molar-refractivity contribution in [2.75, 3.05) is 7.11 Å². The highest BCUT2D eigenvalue weighted by atomic mass is 16.5. The molecule has 0 fully saturated rings. The molecule has 0 radical (unpaired) electrons. The molecular formula is C20H19NO4. The van der Waals surface area contributed by atoms with Crippen LogP contribution in [-0.2, 0) is 16.1 Å². The highest BCUT2D eigenvalue weighted by Crippen LogP contribution is 2.19. The third-order valence-electron chi connectivity index (χ3n) is 3.71. The lowest BCUT2D eigenvalue weighted by Crippen LogP contribution is -2.05. The summed E-state index contributed by atoms with van der Waals surface area (Å²) in [6.45, 7) is 0.222. The van der Waals surface area contributed by atoms with Gasteiger partial charge < -0.3 is 15.6 Å². The molecule has 5 heteroatoms. The van der Waals surface area contributed by atoms with Crippen molar-refractivity contribution in [3.63, 3.8) is 0 Å². The number of carbonyl (C=O) groups is 2. The number of benzene rings is 3. The van der Waals surface area contributed by atoms with E-state index in [0.717, 1.165) is 16.3 Å². The van der Waals surface area contributed by atoms with Crippen molar-refractivity contribution in [3.8, 4) is 0 Å². The Balaban J connectivity index is 0.00000225. The number of fused-ring (bicyclic) bond motifs is 1. The van der Waals surface area contributed by atoms with Crippen molar-refractivity contribution in [1.29, 1.82) is 0 Å². The minimum Gasteiger partial charge on any atom is -0.465 e. The first-order valence-corrected chi connectivity index (χ1v) is 7.50. The average Bonchev–Trinajstić information content (AvgIpc) is 2.65. The summed E-state index contributed by atoms with van der Waals surface area (Å²) in [6, 6.07) is 20.0. The van der Waals surface area contributed by atoms with Crippen LogP contribution >= 0.6 is 0 Å². The van der Waals surface area contributed by atoms with Crippen LogP contribution in [0.2, 0.25) is 0 Å². The van der Waals surface area contributed by atoms with Crippen LogP contribution in [0.5, 0.6) is 0 Å². The molecule has 5 nitrogen and oxygen atoms in total. The third kappa shape index (κ3) is 4.22. The standard InChI is InChI=1S/C20H16O4.H3N/c1-23-19(21)16-9-7-15-8-10-17(12-18(15)11-16)20(22)24-13-14-5-3-2-4-6-14;/h2-12H,13H2,1H3;1H3. The van der Waals surface area contributed by atoms with Crippen LogP contribution in [0.4, 0.5) is 0 Å². The summed E-state index contributed by atoms with van der Waals surface area (Å²) in [5.74, 6) is -0.807. The van der Waals surface area contributed by atoms with E-state index in [2.05, 4.69) is 0 Å². The van der Waals surface area contributed by atoms with Crippen molar-refractivity contribution in [3.05, 3.63) is 83.4 Å². The van der Waals surface area contributed by atoms with E-state index >= 15 is 0 Å². The Hall–Kier alpha value is -3.18. The monoisotopic (exact) mass is 337 g/mol. The van der Waals surface area contributed by atoms with Gasteiger partial charge in [0.15, 0.2) is 0 Å². The van der Waals surface area contributed by atoms with Gasteiger partial charge in [0, 0.05) is 0 Å². The second-order valence-electron chi connectivity index (χ2n) is 5.33. The minimum atomic E-state index is -0.408. The van der Waals surface area contributed by atoms with E-state index in [1.165, 1.54) is 7.11 Å². The molecule has 3 rings (SSSR count). The van der Waals surface area contributed by atoms with E-state index in [1.807, 2.05) is 42.5 Å². The Labute approximate surface area is 145 Å². The lowest BCUT2D eigenvalue weighted by Gasteiger charge is -2.07. The summed E-state index contributed by atoms with van der Waals surface area (Å²) in [7, 11) is 1.34. The normalized spacial score (nSPS) is 9.96. The summed E-state index contributed by atoms with van der Waals surface area (Å²) in [4.78, 5) is 23.8. The molecule has 25 heavy (non-hydrogen) atoms. The number of hydrogen-bond acceptors (Lipinski definition) is 5. The van der Waals surface area contributed by atoms with Gasteiger partial charge in [-0.3, -0.25) is 0 Å². The molecule has 0 aromatic heterocycles. The molecule has 0 saturated heterocycles. The van der Waals surface area contributed by atoms with E-state index in [0.29, 0.717) is 11.1 Å². The lowest BCUT2D eigenvalue weighted by molar-refractivity contribution is 0.0472. The molecule has 3 aromatic carbocycles. The maximum atomic E-state index is 12.2. The van der Waals surface area contributed by atoms with Gasteiger partial charge in [-0.25, -0.2) is 9.59 Å². The second kappa shape index (κ2) is 8.08. The molecule has 0 aliphatic rings. The summed E-state index contributed by atoms with van der Waals surface area (Å²) >= 11 is 0. The molecule has 0 aliphatic carbocycles. The first-order chi connectivity index (χ1) is 11.7. The van der Waals surface area contributed by atoms with Gasteiger partial charge >= 0.3 is 11.9 Å². The van der Waals surface area contributed by atoms with Gasteiger partial charge in [-0.2, -0.15) is 0 Å². The maximum Gasteiger partial charge on any atom is 0.338 e. The number of methoxy groups -OCH3 is 1. The van der Waals surface area contributed by atoms with Gasteiger partial charge in [-0.15, -0.1) is 0 Å². The maximum absolute atomic E-state index is 12.2. The SMILES string of the molecule is COC(=O)c1ccc2ccc(C(=O)OCc3ccccc3)cc2c1.N. The smallest absolute Gasteiger partial charge is 0.338 e. The van der Waals surface area contributed by atoms with E-state index < -0.39 is 11.9 Å². The fourth-order valence-corrected chi connectivity index (χ4v) is 2.42. The highest BCUT2D eigenvalue weighted by Gasteiger charge is 2.10. The van der Waals surface area contributed by atoms with E-state index in [9.17, 15) is 9.59 Å². The summed E-state index contributed by atoms with van der Waals surface area (Å²) in [5, 5.41) is 1.72. The van der Waals surface area contributed by atoms with Gasteiger partial charge in [0.1, 0.15) is 6.61 Å². The minimum absolute atomic E-state index is 0. The van der Waals surface area contributed by atoms with Crippen LogP contribution in [-0.4, -0.2) is 19.0 Å². The molecule has 3 N–H and O–H groups in total. The van der Waals surface area contributed by atoms with Crippen molar-refractivity contribution in [2.45, 2.75) is 6.61 Å². The zero-order valence-electron chi connectivity index (χ0n) is 13.9. The number of carbonyl (C=O) groups excluding carboxylic acids is 2. The molecule has 0 amide bonds. The second-order valence-corrected chi connectivity index (χ2v) is 5.33. The molecule has 0 aliphatic heterocycles. The molecule has 0 bridgehead atoms. The first-order valence-electron chi connectivity index (χ1n) is 7.50. The molecule has 0 saturated carbocycles. The Morgan fingerprint density at radius 2 is 1.40 bits per heavy atom. The lowest BCUT2D eigenvalue weighted by atomic mass is 10.0. The van der Waals surface area contributed by atoms with Gasteiger partial charge in [0.2, 0.25) is 0 Å². The van der Waals surface area contributed by atoms with Crippen LogP contribution in [0.15, 0.2) is 66.7 Å². The molecule has 0 spiro atoms. The van der Waals surface area contributed by atoms with Gasteiger partial charge in [-0.05, 0) is 40.6 Å². The number of esters is 2.